The van der Waals surface area contributed by atoms with Gasteiger partial charge in [-0.1, -0.05) is 23.6 Å². The number of terminal acetylenes is 1. The molecule has 2 N–H and O–H groups in total. The zero-order valence-corrected chi connectivity index (χ0v) is 26.0. The third-order valence-electron chi connectivity index (χ3n) is 9.43. The standard InChI is InChI=1S/C30H28ClF3N6O3S2/c1-2-30(41)16-3-4-17(30)12-20(11-16)45(42,43)38-19-14-24-25(23-7-9-40(37-23)29(33)34)26(21-6-5-18(32)13-22(21)31)36-27(39(24)15-19)28-35-8-10-44-28/h1,5-10,13,16-17,19-20,26,29,38,41H,3-4,11-12,14-15H2/t16?,17?,19-,20?,26-,30?/m0/s1. The number of hydrogen-bond acceptors (Lipinski definition) is 8. The van der Waals surface area contributed by atoms with Gasteiger partial charge in [-0.15, -0.1) is 17.8 Å². The summed E-state index contributed by atoms with van der Waals surface area (Å²) >= 11 is 7.86. The highest BCUT2D eigenvalue weighted by molar-refractivity contribution is 7.90. The molecule has 4 aliphatic rings. The lowest BCUT2D eigenvalue weighted by atomic mass is 9.75. The summed E-state index contributed by atoms with van der Waals surface area (Å²) in [6, 6.07) is 3.88. The lowest BCUT2D eigenvalue weighted by Gasteiger charge is -2.39. The van der Waals surface area contributed by atoms with Gasteiger partial charge in [-0.3, -0.25) is 4.99 Å². The van der Waals surface area contributed by atoms with Crippen molar-refractivity contribution in [2.45, 2.75) is 61.6 Å². The number of rotatable bonds is 7. The number of aliphatic imine (C=N–C) groups is 1. The summed E-state index contributed by atoms with van der Waals surface area (Å²) in [5.74, 6) is 1.85. The number of halogens is 4. The van der Waals surface area contributed by atoms with Gasteiger partial charge in [0.1, 0.15) is 17.5 Å². The van der Waals surface area contributed by atoms with E-state index in [9.17, 15) is 26.7 Å². The van der Waals surface area contributed by atoms with Crippen molar-refractivity contribution in [3.8, 4) is 12.3 Å². The molecule has 1 saturated heterocycles. The molecule has 0 amide bonds. The summed E-state index contributed by atoms with van der Waals surface area (Å²) < 4.78 is 72.3. The fourth-order valence-electron chi connectivity index (χ4n) is 7.35. The van der Waals surface area contributed by atoms with E-state index in [0.29, 0.717) is 45.2 Å². The van der Waals surface area contributed by atoms with E-state index in [4.69, 9.17) is 23.0 Å². The Balaban J connectivity index is 1.28. The van der Waals surface area contributed by atoms with Gasteiger partial charge in [-0.2, -0.15) is 13.9 Å². The minimum atomic E-state index is -3.85. The number of fused-ring (bicyclic) bond motifs is 3. The van der Waals surface area contributed by atoms with Crippen LogP contribution in [-0.4, -0.2) is 62.5 Å². The number of nitrogens with one attached hydrogen (secondary N) is 1. The topological polar surface area (TPSA) is 113 Å². The van der Waals surface area contributed by atoms with Gasteiger partial charge in [0.2, 0.25) is 10.0 Å². The van der Waals surface area contributed by atoms with Crippen LogP contribution in [0.15, 0.2) is 52.7 Å². The van der Waals surface area contributed by atoms with Crippen LogP contribution in [0.1, 0.15) is 61.0 Å². The molecule has 0 spiro atoms. The zero-order chi connectivity index (χ0) is 31.7. The van der Waals surface area contributed by atoms with Crippen LogP contribution in [0.3, 0.4) is 0 Å². The maximum absolute atomic E-state index is 14.1. The summed E-state index contributed by atoms with van der Waals surface area (Å²) in [6.07, 6.45) is 10.5. The minimum absolute atomic E-state index is 0.0937. The van der Waals surface area contributed by atoms with E-state index in [1.807, 2.05) is 4.90 Å². The van der Waals surface area contributed by atoms with Crippen LogP contribution < -0.4 is 4.72 Å². The van der Waals surface area contributed by atoms with Crippen LogP contribution >= 0.6 is 22.9 Å². The second kappa shape index (κ2) is 11.2. The highest BCUT2D eigenvalue weighted by atomic mass is 35.5. The maximum atomic E-state index is 14.1. The molecule has 2 saturated carbocycles. The van der Waals surface area contributed by atoms with Crippen LogP contribution in [0.2, 0.25) is 5.02 Å². The Morgan fingerprint density at radius 1 is 1.22 bits per heavy atom. The van der Waals surface area contributed by atoms with Gasteiger partial charge in [-0.25, -0.2) is 27.2 Å². The van der Waals surface area contributed by atoms with E-state index >= 15 is 0 Å². The summed E-state index contributed by atoms with van der Waals surface area (Å²) in [5, 5.41) is 16.8. The predicted molar refractivity (Wildman–Crippen MR) is 163 cm³/mol. The van der Waals surface area contributed by atoms with Crippen molar-refractivity contribution in [2.24, 2.45) is 16.8 Å². The van der Waals surface area contributed by atoms with Gasteiger partial charge in [-0.05, 0) is 43.9 Å². The number of aliphatic hydroxyl groups is 1. The van der Waals surface area contributed by atoms with Gasteiger partial charge in [0.15, 0.2) is 10.8 Å². The summed E-state index contributed by atoms with van der Waals surface area (Å²) in [6.45, 7) is -2.68. The Hall–Kier alpha value is -3.22. The Morgan fingerprint density at radius 2 is 1.98 bits per heavy atom. The third-order valence-corrected chi connectivity index (χ3v) is 12.4. The van der Waals surface area contributed by atoms with E-state index in [-0.39, 0.29) is 48.4 Å². The molecule has 236 valence electrons. The van der Waals surface area contributed by atoms with Crippen molar-refractivity contribution < 1.29 is 26.7 Å². The first-order valence-corrected chi connectivity index (χ1v) is 17.3. The molecular formula is C30H28ClF3N6O3S2. The summed E-state index contributed by atoms with van der Waals surface area (Å²) in [4.78, 5) is 11.3. The van der Waals surface area contributed by atoms with E-state index in [1.54, 1.807) is 11.6 Å². The number of alkyl halides is 2. The first-order chi connectivity index (χ1) is 21.5. The van der Waals surface area contributed by atoms with E-state index in [0.717, 1.165) is 12.3 Å². The molecule has 4 atom stereocenters. The van der Waals surface area contributed by atoms with Crippen LogP contribution in [-0.2, 0) is 10.0 Å². The quantitative estimate of drug-likeness (QED) is 0.341. The SMILES string of the molecule is C#CC1(O)C2CCC1CC(S(=O)(=O)N[C@H]1CC3=C(c4ccn(C(F)F)n4)[C@H](c4ccc(F)cc4Cl)N=C(c4nccs4)N3C1)C2. The first kappa shape index (κ1) is 30.4. The molecule has 2 aliphatic heterocycles. The minimum Gasteiger partial charge on any atom is -0.377 e. The second-order valence-electron chi connectivity index (χ2n) is 11.9. The highest BCUT2D eigenvalue weighted by Gasteiger charge is 2.55. The van der Waals surface area contributed by atoms with Gasteiger partial charge in [0, 0.05) is 70.5 Å². The average Bonchev–Trinajstić information content (AvgIpc) is 3.79. The van der Waals surface area contributed by atoms with Crippen LogP contribution in [0.5, 0.6) is 0 Å². The number of amidine groups is 1. The fraction of sp³-hybridized carbons (Fsp3) is 0.433. The van der Waals surface area contributed by atoms with Crippen molar-refractivity contribution >= 4 is 44.4 Å². The Morgan fingerprint density at radius 3 is 2.60 bits per heavy atom. The Labute approximate surface area is 266 Å². The number of thiazole rings is 1. The van der Waals surface area contributed by atoms with Gasteiger partial charge < -0.3 is 10.0 Å². The molecule has 15 heteroatoms. The van der Waals surface area contributed by atoms with Gasteiger partial charge >= 0.3 is 6.55 Å². The predicted octanol–water partition coefficient (Wildman–Crippen LogP) is 4.99. The molecule has 3 fully saturated rings. The van der Waals surface area contributed by atoms with Crippen molar-refractivity contribution in [3.05, 3.63) is 74.8 Å². The molecule has 4 heterocycles. The van der Waals surface area contributed by atoms with Gasteiger partial charge in [0.05, 0.1) is 10.9 Å². The fourth-order valence-corrected chi connectivity index (χ4v) is 10.0. The molecule has 7 rings (SSSR count). The first-order valence-electron chi connectivity index (χ1n) is 14.5. The lowest BCUT2D eigenvalue weighted by molar-refractivity contribution is -0.00503. The van der Waals surface area contributed by atoms with Crippen LogP contribution in [0.4, 0.5) is 13.2 Å². The number of aromatic nitrogens is 3. The molecule has 0 radical (unpaired) electrons. The monoisotopic (exact) mass is 676 g/mol. The molecule has 45 heavy (non-hydrogen) atoms. The number of benzene rings is 1. The smallest absolute Gasteiger partial charge is 0.333 e. The Kier molecular flexibility index (Phi) is 7.60. The van der Waals surface area contributed by atoms with Crippen molar-refractivity contribution in [1.29, 1.82) is 0 Å². The lowest BCUT2D eigenvalue weighted by Crippen LogP contribution is -2.51. The molecule has 3 aromatic rings. The average molecular weight is 677 g/mol. The van der Waals surface area contributed by atoms with E-state index in [2.05, 4.69) is 20.7 Å². The zero-order valence-electron chi connectivity index (χ0n) is 23.7. The molecule has 1 aromatic carbocycles. The highest BCUT2D eigenvalue weighted by Crippen LogP contribution is 2.51. The molecule has 2 aliphatic carbocycles. The molecular weight excluding hydrogens is 649 g/mol. The molecule has 2 aromatic heterocycles. The Bertz CT molecular complexity index is 1840. The number of sulfonamides is 1. The number of nitrogens with zero attached hydrogens (tertiary/aromatic N) is 5. The number of hydrogen-bond donors (Lipinski definition) is 2. The van der Waals surface area contributed by atoms with Gasteiger partial charge in [0.25, 0.3) is 0 Å². The van der Waals surface area contributed by atoms with E-state index in [1.165, 1.54) is 29.5 Å². The summed E-state index contributed by atoms with van der Waals surface area (Å²) in [7, 11) is -3.85. The molecule has 2 bridgehead atoms. The van der Waals surface area contributed by atoms with Crippen molar-refractivity contribution in [1.82, 2.24) is 24.4 Å². The third kappa shape index (κ3) is 5.18. The second-order valence-corrected chi connectivity index (χ2v) is 15.2. The van der Waals surface area contributed by atoms with Crippen molar-refractivity contribution in [3.63, 3.8) is 0 Å². The van der Waals surface area contributed by atoms with Crippen LogP contribution in [0.25, 0.3) is 5.57 Å². The largest absolute Gasteiger partial charge is 0.377 e. The van der Waals surface area contributed by atoms with Crippen molar-refractivity contribution in [2.75, 3.05) is 6.54 Å². The molecule has 9 nitrogen and oxygen atoms in total. The maximum Gasteiger partial charge on any atom is 0.333 e. The van der Waals surface area contributed by atoms with E-state index < -0.39 is 45.3 Å². The summed E-state index contributed by atoms with van der Waals surface area (Å²) in [5.41, 5.74) is 0.446. The van der Waals surface area contributed by atoms with Crippen LogP contribution in [0, 0.1) is 30.0 Å². The molecule has 2 unspecified atom stereocenters. The normalized spacial score (nSPS) is 29.7.